The molecule has 1 aromatic rings. The standard InChI is InChI=1S/C13H16ClNO5S/c14-12-7-10(4-5-11(12)13(17)18)21(19,20)15-8-2-1-3-9(16)6-8/h4-5,7-9,15-16H,1-3,6H2,(H,17,18). The number of aromatic carboxylic acids is 1. The molecule has 2 atom stereocenters. The highest BCUT2D eigenvalue weighted by molar-refractivity contribution is 7.89. The molecule has 1 aromatic carbocycles. The molecule has 6 nitrogen and oxygen atoms in total. The molecule has 0 spiro atoms. The lowest BCUT2D eigenvalue weighted by atomic mass is 9.94. The van der Waals surface area contributed by atoms with Gasteiger partial charge in [-0.1, -0.05) is 11.6 Å². The first-order valence-electron chi connectivity index (χ1n) is 6.53. The Kier molecular flexibility index (Phi) is 4.88. The molecular formula is C13H16ClNO5S. The largest absolute Gasteiger partial charge is 0.478 e. The van der Waals surface area contributed by atoms with Gasteiger partial charge in [-0.15, -0.1) is 0 Å². The number of hydrogen-bond donors (Lipinski definition) is 3. The number of hydrogen-bond acceptors (Lipinski definition) is 4. The lowest BCUT2D eigenvalue weighted by molar-refractivity contribution is 0.0697. The fraction of sp³-hybridized carbons (Fsp3) is 0.462. The van der Waals surface area contributed by atoms with E-state index in [1.165, 1.54) is 6.07 Å². The Morgan fingerprint density at radius 2 is 2.05 bits per heavy atom. The van der Waals surface area contributed by atoms with Gasteiger partial charge in [-0.2, -0.15) is 0 Å². The molecule has 0 bridgehead atoms. The summed E-state index contributed by atoms with van der Waals surface area (Å²) in [5.41, 5.74) is -0.149. The number of rotatable bonds is 4. The van der Waals surface area contributed by atoms with Gasteiger partial charge in [-0.05, 0) is 43.9 Å². The van der Waals surface area contributed by atoms with Gasteiger partial charge in [0.2, 0.25) is 10.0 Å². The van der Waals surface area contributed by atoms with Crippen LogP contribution in [0, 0.1) is 0 Å². The van der Waals surface area contributed by atoms with Crippen molar-refractivity contribution in [2.75, 3.05) is 0 Å². The van der Waals surface area contributed by atoms with Crippen molar-refractivity contribution in [3.63, 3.8) is 0 Å². The van der Waals surface area contributed by atoms with Crippen molar-refractivity contribution >= 4 is 27.6 Å². The van der Waals surface area contributed by atoms with E-state index in [4.69, 9.17) is 16.7 Å². The molecule has 0 aromatic heterocycles. The van der Waals surface area contributed by atoms with E-state index in [1.807, 2.05) is 0 Å². The maximum Gasteiger partial charge on any atom is 0.337 e. The third-order valence-electron chi connectivity index (χ3n) is 3.45. The first-order valence-corrected chi connectivity index (χ1v) is 8.39. The summed E-state index contributed by atoms with van der Waals surface area (Å²) in [6.45, 7) is 0. The van der Waals surface area contributed by atoms with Crippen LogP contribution >= 0.6 is 11.6 Å². The van der Waals surface area contributed by atoms with Crippen LogP contribution in [0.5, 0.6) is 0 Å². The van der Waals surface area contributed by atoms with E-state index in [0.717, 1.165) is 18.6 Å². The molecule has 1 saturated carbocycles. The van der Waals surface area contributed by atoms with Gasteiger partial charge in [0.15, 0.2) is 0 Å². The quantitative estimate of drug-likeness (QED) is 0.776. The zero-order valence-corrected chi connectivity index (χ0v) is 12.7. The second-order valence-electron chi connectivity index (χ2n) is 5.09. The van der Waals surface area contributed by atoms with Crippen molar-refractivity contribution in [2.45, 2.75) is 42.7 Å². The third-order valence-corrected chi connectivity index (χ3v) is 5.28. The molecule has 0 aliphatic heterocycles. The van der Waals surface area contributed by atoms with Gasteiger partial charge in [0.05, 0.1) is 21.6 Å². The summed E-state index contributed by atoms with van der Waals surface area (Å²) in [6.07, 6.45) is 1.98. The highest BCUT2D eigenvalue weighted by Gasteiger charge is 2.26. The number of halogens is 1. The van der Waals surface area contributed by atoms with E-state index in [0.29, 0.717) is 19.3 Å². The average molecular weight is 334 g/mol. The molecule has 0 radical (unpaired) electrons. The predicted molar refractivity (Wildman–Crippen MR) is 77.0 cm³/mol. The molecule has 2 unspecified atom stereocenters. The Bertz CT molecular complexity index is 646. The molecule has 21 heavy (non-hydrogen) atoms. The molecule has 0 saturated heterocycles. The fourth-order valence-electron chi connectivity index (χ4n) is 2.39. The third kappa shape index (κ3) is 3.94. The van der Waals surface area contributed by atoms with Crippen molar-refractivity contribution in [2.24, 2.45) is 0 Å². The van der Waals surface area contributed by atoms with Crippen LogP contribution in [-0.4, -0.2) is 36.7 Å². The van der Waals surface area contributed by atoms with Crippen LogP contribution in [0.1, 0.15) is 36.0 Å². The SMILES string of the molecule is O=C(O)c1ccc(S(=O)(=O)NC2CCCC(O)C2)cc1Cl. The first kappa shape index (κ1) is 16.2. The number of benzene rings is 1. The van der Waals surface area contributed by atoms with Crippen LogP contribution < -0.4 is 4.72 Å². The molecule has 0 heterocycles. The number of nitrogens with one attached hydrogen (secondary N) is 1. The number of sulfonamides is 1. The maximum absolute atomic E-state index is 12.2. The van der Waals surface area contributed by atoms with Crippen LogP contribution in [0.2, 0.25) is 5.02 Å². The summed E-state index contributed by atoms with van der Waals surface area (Å²) in [6, 6.07) is 3.16. The molecule has 2 rings (SSSR count). The van der Waals surface area contributed by atoms with Crippen LogP contribution in [0.4, 0.5) is 0 Å². The Balaban J connectivity index is 2.19. The lowest BCUT2D eigenvalue weighted by Crippen LogP contribution is -2.39. The van der Waals surface area contributed by atoms with Gasteiger partial charge >= 0.3 is 5.97 Å². The van der Waals surface area contributed by atoms with Crippen LogP contribution in [0.3, 0.4) is 0 Å². The van der Waals surface area contributed by atoms with Crippen LogP contribution in [0.25, 0.3) is 0 Å². The lowest BCUT2D eigenvalue weighted by Gasteiger charge is -2.26. The Morgan fingerprint density at radius 3 is 2.62 bits per heavy atom. The Morgan fingerprint density at radius 1 is 1.33 bits per heavy atom. The minimum atomic E-state index is -3.79. The molecule has 1 aliphatic rings. The van der Waals surface area contributed by atoms with Gasteiger partial charge < -0.3 is 10.2 Å². The maximum atomic E-state index is 12.2. The van der Waals surface area contributed by atoms with Crippen molar-refractivity contribution in [1.29, 1.82) is 0 Å². The van der Waals surface area contributed by atoms with E-state index in [2.05, 4.69) is 4.72 Å². The van der Waals surface area contributed by atoms with Gasteiger partial charge in [0.25, 0.3) is 0 Å². The summed E-state index contributed by atoms with van der Waals surface area (Å²) >= 11 is 5.78. The van der Waals surface area contributed by atoms with Gasteiger partial charge in [0, 0.05) is 6.04 Å². The van der Waals surface area contributed by atoms with Gasteiger partial charge in [-0.3, -0.25) is 0 Å². The highest BCUT2D eigenvalue weighted by Crippen LogP contribution is 2.23. The molecule has 8 heteroatoms. The molecule has 0 amide bonds. The molecule has 116 valence electrons. The number of carbonyl (C=O) groups is 1. The van der Waals surface area contributed by atoms with Crippen molar-refractivity contribution in [3.8, 4) is 0 Å². The van der Waals surface area contributed by atoms with Crippen molar-refractivity contribution in [1.82, 2.24) is 4.72 Å². The van der Waals surface area contributed by atoms with E-state index in [1.54, 1.807) is 0 Å². The fourth-order valence-corrected chi connectivity index (χ4v) is 4.03. The predicted octanol–water partition coefficient (Wildman–Crippen LogP) is 1.62. The molecule has 1 fully saturated rings. The summed E-state index contributed by atoms with van der Waals surface area (Å²) < 4.78 is 27.0. The number of aliphatic hydroxyl groups is 1. The molecular weight excluding hydrogens is 318 g/mol. The number of carboxylic acid groups (broad SMARTS) is 1. The number of aliphatic hydroxyl groups excluding tert-OH is 1. The minimum Gasteiger partial charge on any atom is -0.478 e. The summed E-state index contributed by atoms with van der Waals surface area (Å²) in [5, 5.41) is 18.3. The van der Waals surface area contributed by atoms with Crippen molar-refractivity contribution in [3.05, 3.63) is 28.8 Å². The normalized spacial score (nSPS) is 23.0. The zero-order chi connectivity index (χ0) is 15.6. The second kappa shape index (κ2) is 6.31. The van der Waals surface area contributed by atoms with E-state index in [-0.39, 0.29) is 21.5 Å². The Labute approximate surface area is 127 Å². The topological polar surface area (TPSA) is 104 Å². The zero-order valence-electron chi connectivity index (χ0n) is 11.1. The van der Waals surface area contributed by atoms with Crippen LogP contribution in [-0.2, 0) is 10.0 Å². The summed E-state index contributed by atoms with van der Waals surface area (Å²) in [5.74, 6) is -1.22. The second-order valence-corrected chi connectivity index (χ2v) is 7.21. The van der Waals surface area contributed by atoms with E-state index >= 15 is 0 Å². The van der Waals surface area contributed by atoms with Crippen molar-refractivity contribution < 1.29 is 23.4 Å². The highest BCUT2D eigenvalue weighted by atomic mass is 35.5. The van der Waals surface area contributed by atoms with Crippen LogP contribution in [0.15, 0.2) is 23.1 Å². The monoisotopic (exact) mass is 333 g/mol. The van der Waals surface area contributed by atoms with Gasteiger partial charge in [0.1, 0.15) is 0 Å². The van der Waals surface area contributed by atoms with E-state index in [9.17, 15) is 18.3 Å². The molecule has 1 aliphatic carbocycles. The smallest absolute Gasteiger partial charge is 0.337 e. The Hall–Kier alpha value is -1.15. The minimum absolute atomic E-state index is 0.0856. The number of carboxylic acids is 1. The molecule has 3 N–H and O–H groups in total. The summed E-state index contributed by atoms with van der Waals surface area (Å²) in [4.78, 5) is 10.8. The summed E-state index contributed by atoms with van der Waals surface area (Å²) in [7, 11) is -3.79. The average Bonchev–Trinajstić information content (AvgIpc) is 2.37. The van der Waals surface area contributed by atoms with Gasteiger partial charge in [-0.25, -0.2) is 17.9 Å². The van der Waals surface area contributed by atoms with E-state index < -0.39 is 22.1 Å². The first-order chi connectivity index (χ1) is 9.79.